The number of carbonyl (C=O) groups is 4. The van der Waals surface area contributed by atoms with Gasteiger partial charge in [0.1, 0.15) is 34.5 Å². The number of Topliss-reactive ketones (excluding diaryl/α,β-unsaturated/α-hetero) is 1. The fourth-order valence-electron chi connectivity index (χ4n) is 6.53. The van der Waals surface area contributed by atoms with Crippen molar-refractivity contribution < 1.29 is 23.9 Å². The van der Waals surface area contributed by atoms with Crippen molar-refractivity contribution in [2.75, 3.05) is 25.0 Å². The number of nitrogens with one attached hydrogen (secondary N) is 2. The van der Waals surface area contributed by atoms with Crippen LogP contribution in [-0.4, -0.2) is 78.9 Å². The van der Waals surface area contributed by atoms with Crippen molar-refractivity contribution >= 4 is 56.2 Å². The molecule has 0 unspecified atom stereocenters. The molecule has 0 spiro atoms. The fourth-order valence-corrected chi connectivity index (χ4v) is 6.84. The first-order valence-corrected chi connectivity index (χ1v) is 17.6. The van der Waals surface area contributed by atoms with Crippen LogP contribution in [0.4, 0.5) is 5.82 Å². The number of nitrogens with zero attached hydrogens (tertiary/aromatic N) is 6. The van der Waals surface area contributed by atoms with E-state index in [0.29, 0.717) is 58.7 Å². The number of amides is 3. The lowest BCUT2D eigenvalue weighted by Crippen LogP contribution is -2.45. The maximum atomic E-state index is 14.1. The number of pyridine rings is 1. The summed E-state index contributed by atoms with van der Waals surface area (Å²) in [4.78, 5) is 68.6. The van der Waals surface area contributed by atoms with Crippen molar-refractivity contribution in [1.29, 1.82) is 0 Å². The molecule has 2 bridgehead atoms. The molecule has 14 heteroatoms. The average molecular weight is 746 g/mol. The molecule has 0 aliphatic carbocycles. The summed E-state index contributed by atoms with van der Waals surface area (Å²) in [5, 5.41) is 11.2. The Hall–Kier alpha value is -4.56. The molecule has 2 aliphatic heterocycles. The zero-order chi connectivity index (χ0) is 35.6. The summed E-state index contributed by atoms with van der Waals surface area (Å²) in [5.41, 5.74) is 2.58. The average Bonchev–Trinajstić information content (AvgIpc) is 3.68. The number of hydrogen-bond donors (Lipinski definition) is 2. The number of rotatable bonds is 4. The minimum Gasteiger partial charge on any atom is -0.377 e. The number of ketones is 1. The second-order valence-corrected chi connectivity index (χ2v) is 14.5. The smallest absolute Gasteiger partial charge is 0.248 e. The molecule has 6 rings (SSSR count). The van der Waals surface area contributed by atoms with Crippen molar-refractivity contribution in [3.63, 3.8) is 0 Å². The molecule has 2 atom stereocenters. The third kappa shape index (κ3) is 7.76. The number of halogens is 1. The van der Waals surface area contributed by atoms with Crippen LogP contribution in [-0.2, 0) is 32.3 Å². The number of aromatic nitrogens is 5. The monoisotopic (exact) mass is 744 g/mol. The van der Waals surface area contributed by atoms with Crippen LogP contribution in [0.3, 0.4) is 0 Å². The highest BCUT2D eigenvalue weighted by atomic mass is 79.9. The van der Waals surface area contributed by atoms with Crippen LogP contribution in [0.5, 0.6) is 0 Å². The molecule has 2 N–H and O–H groups in total. The van der Waals surface area contributed by atoms with Crippen molar-refractivity contribution in [2.24, 2.45) is 11.3 Å². The van der Waals surface area contributed by atoms with E-state index in [4.69, 9.17) is 4.74 Å². The van der Waals surface area contributed by atoms with Gasteiger partial charge in [0.2, 0.25) is 17.7 Å². The van der Waals surface area contributed by atoms with Gasteiger partial charge < -0.3 is 20.3 Å². The van der Waals surface area contributed by atoms with Gasteiger partial charge >= 0.3 is 0 Å². The molecule has 262 valence electrons. The summed E-state index contributed by atoms with van der Waals surface area (Å²) in [7, 11) is 0. The van der Waals surface area contributed by atoms with Crippen LogP contribution in [0, 0.1) is 18.3 Å². The van der Waals surface area contributed by atoms with E-state index in [2.05, 4.69) is 46.6 Å². The molecule has 1 aromatic carbocycles. The van der Waals surface area contributed by atoms with E-state index >= 15 is 0 Å². The first-order chi connectivity index (χ1) is 23.9. The van der Waals surface area contributed by atoms with Gasteiger partial charge in [-0.05, 0) is 71.8 Å². The van der Waals surface area contributed by atoms with E-state index in [9.17, 15) is 19.2 Å². The molecule has 50 heavy (non-hydrogen) atoms. The molecule has 3 aromatic heterocycles. The highest BCUT2D eigenvalue weighted by molar-refractivity contribution is 9.10. The van der Waals surface area contributed by atoms with E-state index in [1.54, 1.807) is 30.3 Å². The lowest BCUT2D eigenvalue weighted by molar-refractivity contribution is -0.137. The van der Waals surface area contributed by atoms with E-state index in [1.807, 2.05) is 38.1 Å². The number of hydrogen-bond acceptors (Lipinski definition) is 9. The van der Waals surface area contributed by atoms with Crippen LogP contribution in [0.15, 0.2) is 47.3 Å². The number of anilines is 1. The Morgan fingerprint density at radius 3 is 2.62 bits per heavy atom. The van der Waals surface area contributed by atoms with E-state index in [0.717, 1.165) is 24.0 Å². The molecule has 4 aromatic rings. The van der Waals surface area contributed by atoms with Crippen molar-refractivity contribution in [2.45, 2.75) is 72.6 Å². The van der Waals surface area contributed by atoms with Crippen LogP contribution < -0.4 is 10.6 Å². The molecule has 1 fully saturated rings. The van der Waals surface area contributed by atoms with Gasteiger partial charge in [0.15, 0.2) is 5.78 Å². The molecular formula is C36H41BrN8O5. The summed E-state index contributed by atoms with van der Waals surface area (Å²) in [6.45, 7) is 8.25. The Kier molecular flexibility index (Phi) is 10.4. The molecule has 0 saturated carbocycles. The highest BCUT2D eigenvalue weighted by Gasteiger charge is 2.41. The summed E-state index contributed by atoms with van der Waals surface area (Å²) in [6.07, 6.45) is 6.11. The van der Waals surface area contributed by atoms with Gasteiger partial charge in [0, 0.05) is 60.9 Å². The lowest BCUT2D eigenvalue weighted by Gasteiger charge is -2.25. The standard InChI is InChI=1S/C36H41BrN8O5/c1-21(46)32-27-14-24(26-16-38-22(2)39-17-26)7-9-28(27)45(43-32)19-31(47)44-18-23-13-29(44)34(48)42-33-25(8-10-30(37)41-33)20-50-12-6-5-11-36(3,4)35(49)40-15-23/h7-10,14,16-17,23,29H,5-6,11-13,15,18-20H2,1-4H3,(H,40,49)(H,41,42,48)/t23-,29+/m1/s1. The third-order valence-electron chi connectivity index (χ3n) is 9.44. The first-order valence-electron chi connectivity index (χ1n) is 16.8. The summed E-state index contributed by atoms with van der Waals surface area (Å²) in [5.74, 6) is -0.181. The SMILES string of the molecule is CC(=O)c1nn(CC(=O)N2C[C@H]3CNC(=O)C(C)(C)CCCCOCc4ccc(Br)nc4NC(=O)[C@@H]2C3)c2ccc(-c3cnc(C)nc3)cc12. The molecule has 5 heterocycles. The van der Waals surface area contributed by atoms with Crippen molar-refractivity contribution in [1.82, 2.24) is 34.9 Å². The Balaban J connectivity index is 1.29. The van der Waals surface area contributed by atoms with Gasteiger partial charge in [-0.3, -0.25) is 23.9 Å². The number of carbonyl (C=O) groups excluding carboxylic acids is 4. The third-order valence-corrected chi connectivity index (χ3v) is 9.89. The number of fused-ring (bicyclic) bond motifs is 4. The maximum Gasteiger partial charge on any atom is 0.248 e. The Morgan fingerprint density at radius 1 is 1.08 bits per heavy atom. The van der Waals surface area contributed by atoms with Gasteiger partial charge in [0.05, 0.1) is 12.1 Å². The first kappa shape index (κ1) is 35.3. The largest absolute Gasteiger partial charge is 0.377 e. The van der Waals surface area contributed by atoms with Gasteiger partial charge in [-0.25, -0.2) is 15.0 Å². The zero-order valence-electron chi connectivity index (χ0n) is 28.7. The topological polar surface area (TPSA) is 161 Å². The molecule has 2 aliphatic rings. The maximum absolute atomic E-state index is 14.1. The Morgan fingerprint density at radius 2 is 1.86 bits per heavy atom. The zero-order valence-corrected chi connectivity index (χ0v) is 30.2. The number of benzene rings is 1. The second-order valence-electron chi connectivity index (χ2n) is 13.7. The minimum absolute atomic E-state index is 0.0636. The predicted octanol–water partition coefficient (Wildman–Crippen LogP) is 4.86. The van der Waals surface area contributed by atoms with Gasteiger partial charge in [0.25, 0.3) is 0 Å². The second kappa shape index (κ2) is 14.7. The summed E-state index contributed by atoms with van der Waals surface area (Å²) < 4.78 is 7.99. The minimum atomic E-state index is -0.829. The summed E-state index contributed by atoms with van der Waals surface area (Å²) >= 11 is 3.40. The van der Waals surface area contributed by atoms with Crippen LogP contribution in [0.25, 0.3) is 22.0 Å². The quantitative estimate of drug-likeness (QED) is 0.220. The molecule has 1 saturated heterocycles. The van der Waals surface area contributed by atoms with Crippen LogP contribution >= 0.6 is 15.9 Å². The van der Waals surface area contributed by atoms with E-state index in [1.165, 1.54) is 11.6 Å². The summed E-state index contributed by atoms with van der Waals surface area (Å²) in [6, 6.07) is 8.36. The van der Waals surface area contributed by atoms with Crippen molar-refractivity contribution in [3.8, 4) is 11.1 Å². The Labute approximate surface area is 298 Å². The highest BCUT2D eigenvalue weighted by Crippen LogP contribution is 2.30. The number of ether oxygens (including phenoxy) is 1. The van der Waals surface area contributed by atoms with E-state index in [-0.39, 0.29) is 54.8 Å². The number of aryl methyl sites for hydroxylation is 1. The molecular weight excluding hydrogens is 704 g/mol. The molecule has 13 nitrogen and oxygen atoms in total. The van der Waals surface area contributed by atoms with E-state index < -0.39 is 11.5 Å². The fraction of sp³-hybridized carbons (Fsp3) is 0.444. The normalized spacial score (nSPS) is 20.1. The van der Waals surface area contributed by atoms with Gasteiger partial charge in [-0.2, -0.15) is 5.10 Å². The predicted molar refractivity (Wildman–Crippen MR) is 190 cm³/mol. The number of likely N-dealkylation sites (tertiary alicyclic amines) is 1. The lowest BCUT2D eigenvalue weighted by atomic mass is 9.86. The van der Waals surface area contributed by atoms with Crippen LogP contribution in [0.2, 0.25) is 0 Å². The Bertz CT molecular complexity index is 1940. The molecule has 0 radical (unpaired) electrons. The van der Waals surface area contributed by atoms with Crippen molar-refractivity contribution in [3.05, 3.63) is 64.4 Å². The molecule has 3 amide bonds. The van der Waals surface area contributed by atoms with Crippen LogP contribution in [0.1, 0.15) is 68.3 Å². The van der Waals surface area contributed by atoms with Gasteiger partial charge in [-0.15, -0.1) is 0 Å². The van der Waals surface area contributed by atoms with Gasteiger partial charge in [-0.1, -0.05) is 32.4 Å².